The lowest BCUT2D eigenvalue weighted by molar-refractivity contribution is -0.142. The van der Waals surface area contributed by atoms with E-state index in [-0.39, 0.29) is 5.97 Å². The Kier molecular flexibility index (Phi) is 7.24. The zero-order valence-electron chi connectivity index (χ0n) is 16.3. The van der Waals surface area contributed by atoms with Gasteiger partial charge in [0.2, 0.25) is 0 Å². The molecule has 0 bridgehead atoms. The summed E-state index contributed by atoms with van der Waals surface area (Å²) in [4.78, 5) is 32.4. The molecule has 1 atom stereocenters. The molecule has 3 aliphatic heterocycles. The van der Waals surface area contributed by atoms with Gasteiger partial charge in [-0.15, -0.1) is 0 Å². The number of carbonyl (C=O) groups is 1. The summed E-state index contributed by atoms with van der Waals surface area (Å²) in [5.41, 5.74) is 0.961. The van der Waals surface area contributed by atoms with Gasteiger partial charge in [0.25, 0.3) is 0 Å². The molecule has 1 unspecified atom stereocenters. The molecule has 2 fully saturated rings. The van der Waals surface area contributed by atoms with Crippen LogP contribution in [0.5, 0.6) is 0 Å². The molecule has 7 nitrogen and oxygen atoms in total. The summed E-state index contributed by atoms with van der Waals surface area (Å²) in [6.07, 6.45) is 4.44. The minimum absolute atomic E-state index is 0.204. The van der Waals surface area contributed by atoms with E-state index in [9.17, 15) is 9.59 Å². The van der Waals surface area contributed by atoms with Crippen molar-refractivity contribution in [1.82, 2.24) is 15.1 Å². The largest absolute Gasteiger partial charge is 0.468 e. The summed E-state index contributed by atoms with van der Waals surface area (Å²) in [7, 11) is 0.775. The van der Waals surface area contributed by atoms with Crippen LogP contribution in [-0.4, -0.2) is 79.0 Å². The second-order valence-corrected chi connectivity index (χ2v) is 8.99. The molecular weight excluding hydrogens is 364 g/mol. The van der Waals surface area contributed by atoms with Crippen molar-refractivity contribution in [1.29, 1.82) is 0 Å². The standard InChI is InChI=1S/C19H30N4O3S/c1-15-19(23-11-9-22(10-12-23)13-18(25)26-2)27(14-24)17(21-15)4-3-16-5-7-20-8-6-16/h16,20H,3-13H2,1-2H3. The molecule has 150 valence electrons. The molecule has 0 spiro atoms. The topological polar surface area (TPSA) is 74.2 Å². The smallest absolute Gasteiger partial charge is 0.319 e. The summed E-state index contributed by atoms with van der Waals surface area (Å²) in [6, 6.07) is 0. The van der Waals surface area contributed by atoms with Crippen molar-refractivity contribution in [2.45, 2.75) is 32.6 Å². The van der Waals surface area contributed by atoms with Gasteiger partial charge in [-0.3, -0.25) is 9.69 Å². The average molecular weight is 395 g/mol. The summed E-state index contributed by atoms with van der Waals surface area (Å²) >= 11 is 0. The number of carbonyl (C=O) groups excluding carboxylic acids is 2. The third-order valence-corrected chi connectivity index (χ3v) is 7.45. The molecule has 0 amide bonds. The molecule has 2 saturated heterocycles. The Morgan fingerprint density at radius 3 is 2.63 bits per heavy atom. The number of methoxy groups -OCH3 is 1. The minimum Gasteiger partial charge on any atom is -0.468 e. The lowest BCUT2D eigenvalue weighted by Gasteiger charge is -2.36. The molecule has 3 aliphatic rings. The molecule has 0 aromatic carbocycles. The van der Waals surface area contributed by atoms with Crippen LogP contribution in [0.1, 0.15) is 32.6 Å². The molecule has 0 aromatic rings. The first-order valence-corrected chi connectivity index (χ1v) is 11.0. The van der Waals surface area contributed by atoms with Gasteiger partial charge in [0.05, 0.1) is 24.4 Å². The molecular formula is C19H30N4O3S. The van der Waals surface area contributed by atoms with E-state index in [0.717, 1.165) is 73.8 Å². The number of hydrogen-bond donors (Lipinski definition) is 1. The van der Waals surface area contributed by atoms with Crippen LogP contribution in [-0.2, 0) is 14.3 Å². The molecule has 0 radical (unpaired) electrons. The van der Waals surface area contributed by atoms with Gasteiger partial charge in [-0.2, -0.15) is 0 Å². The average Bonchev–Trinajstić information content (AvgIpc) is 3.03. The SMILES string of the molecule is COC(=O)CN1CCN(C2=C(C)N=C(CCC3CCNCC3)S2=C=O)CC1. The summed E-state index contributed by atoms with van der Waals surface area (Å²) in [5, 5.41) is 7.73. The molecule has 0 aromatic heterocycles. The van der Waals surface area contributed by atoms with Crippen LogP contribution in [0.2, 0.25) is 0 Å². The number of esters is 1. The van der Waals surface area contributed by atoms with Crippen LogP contribution in [0.25, 0.3) is 0 Å². The number of hydrogen-bond acceptors (Lipinski definition) is 7. The highest BCUT2D eigenvalue weighted by Crippen LogP contribution is 2.40. The monoisotopic (exact) mass is 394 g/mol. The van der Waals surface area contributed by atoms with Crippen LogP contribution in [0.4, 0.5) is 0 Å². The third kappa shape index (κ3) is 5.08. The van der Waals surface area contributed by atoms with Crippen LogP contribution in [0.15, 0.2) is 15.7 Å². The quantitative estimate of drug-likeness (QED) is 0.544. The Labute approximate surface area is 163 Å². The van der Waals surface area contributed by atoms with E-state index < -0.39 is 10.5 Å². The predicted octanol–water partition coefficient (Wildman–Crippen LogP) is 1.49. The zero-order chi connectivity index (χ0) is 19.2. The normalized spacial score (nSPS) is 24.7. The van der Waals surface area contributed by atoms with E-state index in [2.05, 4.69) is 20.3 Å². The van der Waals surface area contributed by atoms with Crippen molar-refractivity contribution < 1.29 is 14.3 Å². The Balaban J connectivity index is 1.56. The minimum atomic E-state index is -0.641. The first-order valence-electron chi connectivity index (χ1n) is 9.77. The first kappa shape index (κ1) is 20.3. The Hall–Kier alpha value is -1.47. The van der Waals surface area contributed by atoms with Gasteiger partial charge in [-0.1, -0.05) is 0 Å². The Morgan fingerprint density at radius 2 is 2.00 bits per heavy atom. The number of rotatable bonds is 6. The van der Waals surface area contributed by atoms with Gasteiger partial charge in [-0.25, -0.2) is 9.79 Å². The maximum Gasteiger partial charge on any atom is 0.319 e. The van der Waals surface area contributed by atoms with E-state index >= 15 is 0 Å². The van der Waals surface area contributed by atoms with Gasteiger partial charge < -0.3 is 15.0 Å². The van der Waals surface area contributed by atoms with Gasteiger partial charge in [0.15, 0.2) is 5.23 Å². The van der Waals surface area contributed by atoms with Crippen molar-refractivity contribution in [2.75, 3.05) is 52.9 Å². The number of piperazine rings is 1. The van der Waals surface area contributed by atoms with Crippen LogP contribution >= 0.6 is 10.5 Å². The van der Waals surface area contributed by atoms with Crippen molar-refractivity contribution in [3.63, 3.8) is 0 Å². The van der Waals surface area contributed by atoms with Crippen molar-refractivity contribution >= 4 is 26.7 Å². The molecule has 3 heterocycles. The van der Waals surface area contributed by atoms with Gasteiger partial charge in [0, 0.05) is 26.2 Å². The fraction of sp³-hybridized carbons (Fsp3) is 0.737. The number of nitrogens with zero attached hydrogens (tertiary/aromatic N) is 3. The van der Waals surface area contributed by atoms with Crippen molar-refractivity contribution in [3.8, 4) is 0 Å². The second-order valence-electron chi connectivity index (χ2n) is 7.36. The van der Waals surface area contributed by atoms with Crippen LogP contribution < -0.4 is 5.32 Å². The van der Waals surface area contributed by atoms with E-state index in [1.54, 1.807) is 0 Å². The predicted molar refractivity (Wildman–Crippen MR) is 108 cm³/mol. The highest BCUT2D eigenvalue weighted by molar-refractivity contribution is 8.30. The Morgan fingerprint density at radius 1 is 1.30 bits per heavy atom. The lowest BCUT2D eigenvalue weighted by atomic mass is 9.93. The Bertz CT molecular complexity index is 670. The fourth-order valence-corrected chi connectivity index (χ4v) is 5.73. The number of allylic oxidation sites excluding steroid dienone is 1. The lowest BCUT2D eigenvalue weighted by Crippen LogP contribution is -2.47. The molecule has 0 saturated carbocycles. The van der Waals surface area contributed by atoms with E-state index in [1.807, 2.05) is 6.92 Å². The molecule has 0 aliphatic carbocycles. The molecule has 3 rings (SSSR count). The van der Waals surface area contributed by atoms with Crippen LogP contribution in [0.3, 0.4) is 0 Å². The van der Waals surface area contributed by atoms with Gasteiger partial charge in [-0.05, 0) is 62.1 Å². The highest BCUT2D eigenvalue weighted by Gasteiger charge is 2.29. The van der Waals surface area contributed by atoms with Gasteiger partial charge >= 0.3 is 5.97 Å². The summed E-state index contributed by atoms with van der Waals surface area (Å²) < 4.78 is 4.75. The van der Waals surface area contributed by atoms with E-state index in [0.29, 0.717) is 6.54 Å². The molecule has 8 heteroatoms. The van der Waals surface area contributed by atoms with Crippen molar-refractivity contribution in [2.24, 2.45) is 10.9 Å². The number of piperidine rings is 1. The number of ether oxygens (including phenoxy) is 1. The van der Waals surface area contributed by atoms with Gasteiger partial charge in [0.1, 0.15) is 5.03 Å². The highest BCUT2D eigenvalue weighted by atomic mass is 32.2. The number of aliphatic imine (C=N–C) groups is 1. The van der Waals surface area contributed by atoms with Crippen LogP contribution in [0, 0.1) is 5.92 Å². The number of nitrogens with one attached hydrogen (secondary N) is 1. The third-order valence-electron chi connectivity index (χ3n) is 5.58. The maximum atomic E-state index is 11.8. The first-order chi connectivity index (χ1) is 13.1. The maximum absolute atomic E-state index is 11.8. The van der Waals surface area contributed by atoms with E-state index in [4.69, 9.17) is 9.73 Å². The molecule has 27 heavy (non-hydrogen) atoms. The summed E-state index contributed by atoms with van der Waals surface area (Å²) in [6.45, 7) is 7.69. The fourth-order valence-electron chi connectivity index (χ4n) is 4.00. The second kappa shape index (κ2) is 9.64. The molecule has 1 N–H and O–H groups in total. The summed E-state index contributed by atoms with van der Waals surface area (Å²) in [5.74, 6) is 0.529. The zero-order valence-corrected chi connectivity index (χ0v) is 17.1. The van der Waals surface area contributed by atoms with E-state index in [1.165, 1.54) is 20.0 Å². The van der Waals surface area contributed by atoms with Crippen molar-refractivity contribution in [3.05, 3.63) is 10.7 Å².